The van der Waals surface area contributed by atoms with Crippen LogP contribution in [0.3, 0.4) is 0 Å². The minimum absolute atomic E-state index is 0.0480. The van der Waals surface area contributed by atoms with Crippen molar-refractivity contribution in [2.75, 3.05) is 13.7 Å². The average molecular weight is 521 g/mol. The quantitative estimate of drug-likeness (QED) is 0.272. The molecule has 0 fully saturated rings. The lowest BCUT2D eigenvalue weighted by Crippen LogP contribution is -2.57. The number of carbonyl (C=O) groups excluding carboxylic acids is 5. The molecule has 4 amide bonds. The molecule has 206 valence electrons. The summed E-state index contributed by atoms with van der Waals surface area (Å²) >= 11 is 0. The lowest BCUT2D eigenvalue weighted by molar-refractivity contribution is -0.141. The van der Waals surface area contributed by atoms with Gasteiger partial charge in [0, 0.05) is 0 Å². The second-order valence-corrected chi connectivity index (χ2v) is 9.60. The van der Waals surface area contributed by atoms with Crippen LogP contribution in [-0.4, -0.2) is 61.6 Å². The molecule has 0 aliphatic carbocycles. The van der Waals surface area contributed by atoms with E-state index in [0.717, 1.165) is 5.56 Å². The highest BCUT2D eigenvalue weighted by molar-refractivity contribution is 5.94. The molecule has 0 aliphatic rings. The number of alkyl carbamates (subject to hydrolysis) is 1. The Morgan fingerprint density at radius 3 is 1.84 bits per heavy atom. The number of hydrogen-bond donors (Lipinski definition) is 4. The van der Waals surface area contributed by atoms with E-state index in [1.807, 2.05) is 45.9 Å². The van der Waals surface area contributed by atoms with E-state index in [0.29, 0.717) is 12.8 Å². The van der Waals surface area contributed by atoms with E-state index in [1.54, 1.807) is 12.1 Å². The summed E-state index contributed by atoms with van der Waals surface area (Å²) in [6, 6.07) is 6.27. The zero-order valence-electron chi connectivity index (χ0n) is 22.5. The topological polar surface area (TPSA) is 152 Å². The third-order valence-electron chi connectivity index (χ3n) is 5.26. The fraction of sp³-hybridized carbons (Fsp3) is 0.577. The van der Waals surface area contributed by atoms with Crippen molar-refractivity contribution >= 4 is 29.8 Å². The van der Waals surface area contributed by atoms with Crippen molar-refractivity contribution in [3.05, 3.63) is 35.9 Å². The van der Waals surface area contributed by atoms with Gasteiger partial charge in [0.2, 0.25) is 17.7 Å². The largest absolute Gasteiger partial charge is 0.468 e. The summed E-state index contributed by atoms with van der Waals surface area (Å²) in [5.41, 5.74) is 0.801. The van der Waals surface area contributed by atoms with Crippen LogP contribution in [0.2, 0.25) is 0 Å². The van der Waals surface area contributed by atoms with Gasteiger partial charge >= 0.3 is 12.1 Å². The van der Waals surface area contributed by atoms with Gasteiger partial charge in [-0.05, 0) is 37.2 Å². The van der Waals surface area contributed by atoms with Gasteiger partial charge in [0.05, 0.1) is 7.11 Å². The summed E-state index contributed by atoms with van der Waals surface area (Å²) in [7, 11) is 1.21. The van der Waals surface area contributed by atoms with Gasteiger partial charge in [-0.3, -0.25) is 19.2 Å². The zero-order chi connectivity index (χ0) is 28.0. The molecule has 37 heavy (non-hydrogen) atoms. The second-order valence-electron chi connectivity index (χ2n) is 9.60. The lowest BCUT2D eigenvalue weighted by Gasteiger charge is -2.26. The van der Waals surface area contributed by atoms with Crippen molar-refractivity contribution < 1.29 is 33.4 Å². The molecule has 3 atom stereocenters. The number of hydrogen-bond acceptors (Lipinski definition) is 7. The minimum Gasteiger partial charge on any atom is -0.468 e. The number of ether oxygens (including phenoxy) is 2. The maximum Gasteiger partial charge on any atom is 0.408 e. The number of benzene rings is 1. The number of carbonyl (C=O) groups is 5. The molecule has 0 bridgehead atoms. The summed E-state index contributed by atoms with van der Waals surface area (Å²) in [6.45, 7) is 8.78. The monoisotopic (exact) mass is 520 g/mol. The predicted molar refractivity (Wildman–Crippen MR) is 137 cm³/mol. The summed E-state index contributed by atoms with van der Waals surface area (Å²) in [4.78, 5) is 62.0. The van der Waals surface area contributed by atoms with Gasteiger partial charge in [0.25, 0.3) is 0 Å². The van der Waals surface area contributed by atoms with Crippen molar-refractivity contribution in [3.8, 4) is 0 Å². The lowest BCUT2D eigenvalue weighted by atomic mass is 10.00. The molecule has 0 aliphatic heterocycles. The van der Waals surface area contributed by atoms with Gasteiger partial charge in [-0.25, -0.2) is 4.79 Å². The standard InChI is InChI=1S/C26H40N4O7/c1-16(2)12-20(24(33)27-14-22(31)36-6)30-25(34)21(13-17(3)4)29-23(32)18(5)28-26(35)37-15-19-10-8-7-9-11-19/h7-11,16-18,20-21H,12-15H2,1-6H3,(H,27,33)(H,28,35)(H,29,32)(H,30,34). The molecule has 1 aromatic carbocycles. The Balaban J connectivity index is 2.77. The maximum absolute atomic E-state index is 13.1. The molecule has 1 rings (SSSR count). The first-order chi connectivity index (χ1) is 17.4. The van der Waals surface area contributed by atoms with E-state index < -0.39 is 47.9 Å². The van der Waals surface area contributed by atoms with Crippen molar-refractivity contribution in [1.29, 1.82) is 0 Å². The molecule has 0 aromatic heterocycles. The Bertz CT molecular complexity index is 905. The predicted octanol–water partition coefficient (Wildman–Crippen LogP) is 1.65. The summed E-state index contributed by atoms with van der Waals surface area (Å²) in [5, 5.41) is 10.2. The van der Waals surface area contributed by atoms with Gasteiger partial charge in [0.15, 0.2) is 0 Å². The average Bonchev–Trinajstić information content (AvgIpc) is 2.84. The Kier molecular flexibility index (Phi) is 13.7. The molecule has 3 unspecified atom stereocenters. The minimum atomic E-state index is -0.972. The van der Waals surface area contributed by atoms with Crippen LogP contribution in [0.25, 0.3) is 0 Å². The molecular weight excluding hydrogens is 480 g/mol. The first-order valence-electron chi connectivity index (χ1n) is 12.3. The van der Waals surface area contributed by atoms with Crippen LogP contribution >= 0.6 is 0 Å². The molecule has 0 spiro atoms. The van der Waals surface area contributed by atoms with Gasteiger partial charge in [-0.15, -0.1) is 0 Å². The maximum atomic E-state index is 13.1. The number of nitrogens with one attached hydrogen (secondary N) is 4. The van der Waals surface area contributed by atoms with E-state index >= 15 is 0 Å². The van der Waals surface area contributed by atoms with E-state index in [9.17, 15) is 24.0 Å². The van der Waals surface area contributed by atoms with Crippen molar-refractivity contribution in [2.24, 2.45) is 11.8 Å². The van der Waals surface area contributed by atoms with Crippen molar-refractivity contribution in [1.82, 2.24) is 21.3 Å². The Labute approximate surface area is 218 Å². The van der Waals surface area contributed by atoms with Gasteiger partial charge in [-0.2, -0.15) is 0 Å². The van der Waals surface area contributed by atoms with E-state index in [4.69, 9.17) is 4.74 Å². The highest BCUT2D eigenvalue weighted by Gasteiger charge is 2.29. The Hall–Kier alpha value is -3.63. The van der Waals surface area contributed by atoms with Crippen LogP contribution in [0.5, 0.6) is 0 Å². The van der Waals surface area contributed by atoms with Crippen LogP contribution < -0.4 is 21.3 Å². The molecule has 11 nitrogen and oxygen atoms in total. The molecule has 11 heteroatoms. The molecule has 0 heterocycles. The number of rotatable bonds is 14. The Morgan fingerprint density at radius 2 is 1.30 bits per heavy atom. The summed E-state index contributed by atoms with van der Waals surface area (Å²) in [5.74, 6) is -2.15. The van der Waals surface area contributed by atoms with Crippen LogP contribution in [0.15, 0.2) is 30.3 Å². The van der Waals surface area contributed by atoms with E-state index in [2.05, 4.69) is 26.0 Å². The number of amides is 4. The van der Waals surface area contributed by atoms with Crippen molar-refractivity contribution in [3.63, 3.8) is 0 Å². The van der Waals surface area contributed by atoms with E-state index in [-0.39, 0.29) is 25.0 Å². The smallest absolute Gasteiger partial charge is 0.408 e. The van der Waals surface area contributed by atoms with Gasteiger partial charge in [0.1, 0.15) is 31.3 Å². The first kappa shape index (κ1) is 31.4. The molecular formula is C26H40N4O7. The summed E-state index contributed by atoms with van der Waals surface area (Å²) in [6.07, 6.45) is -0.136. The summed E-state index contributed by atoms with van der Waals surface area (Å²) < 4.78 is 9.67. The van der Waals surface area contributed by atoms with Crippen LogP contribution in [-0.2, 0) is 35.3 Å². The molecule has 0 radical (unpaired) electrons. The molecule has 4 N–H and O–H groups in total. The highest BCUT2D eigenvalue weighted by Crippen LogP contribution is 2.09. The molecule has 0 saturated carbocycles. The third kappa shape index (κ3) is 12.8. The van der Waals surface area contributed by atoms with E-state index in [1.165, 1.54) is 14.0 Å². The van der Waals surface area contributed by atoms with Crippen LogP contribution in [0.1, 0.15) is 53.0 Å². The third-order valence-corrected chi connectivity index (χ3v) is 5.26. The van der Waals surface area contributed by atoms with Crippen LogP contribution in [0, 0.1) is 11.8 Å². The first-order valence-corrected chi connectivity index (χ1v) is 12.3. The fourth-order valence-electron chi connectivity index (χ4n) is 3.34. The van der Waals surface area contributed by atoms with Crippen LogP contribution in [0.4, 0.5) is 4.79 Å². The fourth-order valence-corrected chi connectivity index (χ4v) is 3.34. The number of methoxy groups -OCH3 is 1. The van der Waals surface area contributed by atoms with Gasteiger partial charge < -0.3 is 30.7 Å². The second kappa shape index (κ2) is 16.2. The SMILES string of the molecule is COC(=O)CNC(=O)C(CC(C)C)NC(=O)C(CC(C)C)NC(=O)C(C)NC(=O)OCc1ccccc1. The Morgan fingerprint density at radius 1 is 0.757 bits per heavy atom. The molecule has 1 aromatic rings. The highest BCUT2D eigenvalue weighted by atomic mass is 16.5. The van der Waals surface area contributed by atoms with Crippen molar-refractivity contribution in [2.45, 2.75) is 72.2 Å². The number of esters is 1. The molecule has 0 saturated heterocycles. The normalized spacial score (nSPS) is 13.2. The van der Waals surface area contributed by atoms with Gasteiger partial charge in [-0.1, -0.05) is 58.0 Å². The zero-order valence-corrected chi connectivity index (χ0v) is 22.5.